The molecule has 4 N–H and O–H groups in total. The molecule has 0 bridgehead atoms. The third-order valence-corrected chi connectivity index (χ3v) is 5.18. The number of imidazole rings is 1. The number of thioether (sulfide) groups is 1. The highest BCUT2D eigenvalue weighted by Crippen LogP contribution is 2.30. The summed E-state index contributed by atoms with van der Waals surface area (Å²) < 4.78 is 18.3. The van der Waals surface area contributed by atoms with E-state index >= 15 is 0 Å². The number of benzene rings is 1. The molecule has 2 heterocycles. The van der Waals surface area contributed by atoms with Crippen molar-refractivity contribution in [1.82, 2.24) is 19.9 Å². The van der Waals surface area contributed by atoms with Crippen molar-refractivity contribution < 1.29 is 18.7 Å². The lowest BCUT2D eigenvalue weighted by atomic mass is 10.2. The van der Waals surface area contributed by atoms with Gasteiger partial charge in [0.1, 0.15) is 16.4 Å². The van der Waals surface area contributed by atoms with E-state index in [4.69, 9.17) is 5.73 Å². The zero-order chi connectivity index (χ0) is 20.3. The molecular formula is C17H17FN6O3S. The van der Waals surface area contributed by atoms with Crippen LogP contribution in [0.1, 0.15) is 23.7 Å². The Morgan fingerprint density at radius 3 is 2.89 bits per heavy atom. The Kier molecular flexibility index (Phi) is 5.73. The molecule has 3 rings (SSSR count). The van der Waals surface area contributed by atoms with Gasteiger partial charge >= 0.3 is 5.97 Å². The van der Waals surface area contributed by atoms with Crippen LogP contribution >= 0.6 is 11.8 Å². The summed E-state index contributed by atoms with van der Waals surface area (Å²) in [6.45, 7) is 1.84. The maximum Gasteiger partial charge on any atom is 0.340 e. The van der Waals surface area contributed by atoms with Crippen molar-refractivity contribution in [3.63, 3.8) is 0 Å². The monoisotopic (exact) mass is 404 g/mol. The minimum atomic E-state index is -0.826. The molecule has 1 aromatic carbocycles. The maximum atomic E-state index is 13.8. The summed E-state index contributed by atoms with van der Waals surface area (Å²) in [6, 6.07) is 3.69. The molecule has 0 fully saturated rings. The average Bonchev–Trinajstić information content (AvgIpc) is 3.15. The zero-order valence-corrected chi connectivity index (χ0v) is 15.8. The SMILES string of the molecule is CC[C@@H](Sc1nc(N)nc2nc[nH]c12)C(=O)Nc1ccc(F)c(C(=O)OC)c1. The van der Waals surface area contributed by atoms with Crippen LogP contribution in [0.4, 0.5) is 16.0 Å². The minimum Gasteiger partial charge on any atom is -0.465 e. The lowest BCUT2D eigenvalue weighted by Crippen LogP contribution is -2.25. The molecule has 11 heteroatoms. The second-order valence-corrected chi connectivity index (χ2v) is 6.87. The molecule has 1 amide bonds. The number of nitrogen functional groups attached to an aromatic ring is 1. The minimum absolute atomic E-state index is 0.0543. The van der Waals surface area contributed by atoms with Crippen LogP contribution in [-0.2, 0) is 9.53 Å². The van der Waals surface area contributed by atoms with Gasteiger partial charge in [-0.25, -0.2) is 19.2 Å². The quantitative estimate of drug-likeness (QED) is 0.324. The van der Waals surface area contributed by atoms with Gasteiger partial charge in [0.05, 0.1) is 24.3 Å². The molecule has 0 aliphatic rings. The molecule has 1 atom stereocenters. The number of carbonyl (C=O) groups is 2. The van der Waals surface area contributed by atoms with E-state index in [1.54, 1.807) is 0 Å². The van der Waals surface area contributed by atoms with Gasteiger partial charge in [0.2, 0.25) is 11.9 Å². The lowest BCUT2D eigenvalue weighted by Gasteiger charge is -2.15. The molecular weight excluding hydrogens is 387 g/mol. The number of halogens is 1. The van der Waals surface area contributed by atoms with Crippen LogP contribution < -0.4 is 11.1 Å². The normalized spacial score (nSPS) is 12.0. The molecule has 2 aromatic heterocycles. The lowest BCUT2D eigenvalue weighted by molar-refractivity contribution is -0.115. The number of anilines is 2. The van der Waals surface area contributed by atoms with Gasteiger partial charge in [0.15, 0.2) is 5.65 Å². The Balaban J connectivity index is 1.80. The van der Waals surface area contributed by atoms with Gasteiger partial charge < -0.3 is 20.8 Å². The molecule has 3 aromatic rings. The van der Waals surface area contributed by atoms with E-state index in [-0.39, 0.29) is 23.1 Å². The van der Waals surface area contributed by atoms with E-state index in [9.17, 15) is 14.0 Å². The van der Waals surface area contributed by atoms with Crippen LogP contribution in [0.3, 0.4) is 0 Å². The molecule has 9 nitrogen and oxygen atoms in total. The Bertz CT molecular complexity index is 1040. The van der Waals surface area contributed by atoms with Crippen molar-refractivity contribution in [2.75, 3.05) is 18.2 Å². The number of rotatable bonds is 6. The van der Waals surface area contributed by atoms with Crippen LogP contribution in [0.15, 0.2) is 29.6 Å². The maximum absolute atomic E-state index is 13.8. The molecule has 0 saturated heterocycles. The number of nitrogens with one attached hydrogen (secondary N) is 2. The third kappa shape index (κ3) is 4.03. The number of nitrogens with two attached hydrogens (primary N) is 1. The first kappa shape index (κ1) is 19.5. The van der Waals surface area contributed by atoms with Crippen molar-refractivity contribution in [1.29, 1.82) is 0 Å². The Hall–Kier alpha value is -3.21. The van der Waals surface area contributed by atoms with Crippen LogP contribution in [0.2, 0.25) is 0 Å². The Labute approximate surface area is 163 Å². The smallest absolute Gasteiger partial charge is 0.340 e. The number of esters is 1. The zero-order valence-electron chi connectivity index (χ0n) is 15.0. The van der Waals surface area contributed by atoms with E-state index in [2.05, 4.69) is 30.0 Å². The number of carbonyl (C=O) groups excluding carboxylic acids is 2. The first-order valence-corrected chi connectivity index (χ1v) is 9.12. The van der Waals surface area contributed by atoms with E-state index < -0.39 is 17.0 Å². The third-order valence-electron chi connectivity index (χ3n) is 3.83. The summed E-state index contributed by atoms with van der Waals surface area (Å²) in [7, 11) is 1.15. The van der Waals surface area contributed by atoms with Gasteiger partial charge in [-0.1, -0.05) is 18.7 Å². The highest BCUT2D eigenvalue weighted by Gasteiger charge is 2.22. The highest BCUT2D eigenvalue weighted by molar-refractivity contribution is 8.00. The second-order valence-electron chi connectivity index (χ2n) is 5.68. The first-order chi connectivity index (χ1) is 13.4. The Morgan fingerprint density at radius 2 is 2.18 bits per heavy atom. The number of hydrogen-bond donors (Lipinski definition) is 3. The molecule has 0 aliphatic heterocycles. The van der Waals surface area contributed by atoms with Crippen LogP contribution in [0.5, 0.6) is 0 Å². The van der Waals surface area contributed by atoms with Crippen molar-refractivity contribution in [2.24, 2.45) is 0 Å². The number of methoxy groups -OCH3 is 1. The number of amides is 1. The first-order valence-electron chi connectivity index (χ1n) is 8.25. The molecule has 146 valence electrons. The van der Waals surface area contributed by atoms with Crippen molar-refractivity contribution >= 4 is 46.4 Å². The largest absolute Gasteiger partial charge is 0.465 e. The van der Waals surface area contributed by atoms with Crippen molar-refractivity contribution in [3.8, 4) is 0 Å². The summed E-state index contributed by atoms with van der Waals surface area (Å²) in [5.74, 6) is -1.84. The second kappa shape index (κ2) is 8.21. The Morgan fingerprint density at radius 1 is 1.39 bits per heavy atom. The number of fused-ring (bicyclic) bond motifs is 1. The van der Waals surface area contributed by atoms with E-state index in [1.807, 2.05) is 6.92 Å². The fraction of sp³-hybridized carbons (Fsp3) is 0.235. The number of hydrogen-bond acceptors (Lipinski definition) is 8. The van der Waals surface area contributed by atoms with E-state index in [0.717, 1.165) is 13.2 Å². The molecule has 0 unspecified atom stereocenters. The molecule has 0 radical (unpaired) electrons. The fourth-order valence-electron chi connectivity index (χ4n) is 2.46. The fourth-order valence-corrected chi connectivity index (χ4v) is 3.47. The van der Waals surface area contributed by atoms with Gasteiger partial charge in [-0.2, -0.15) is 4.98 Å². The number of H-pyrrole nitrogens is 1. The van der Waals surface area contributed by atoms with E-state index in [0.29, 0.717) is 22.6 Å². The average molecular weight is 404 g/mol. The van der Waals surface area contributed by atoms with Crippen LogP contribution in [0, 0.1) is 5.82 Å². The molecule has 0 spiro atoms. The van der Waals surface area contributed by atoms with E-state index in [1.165, 1.54) is 30.2 Å². The summed E-state index contributed by atoms with van der Waals surface area (Å²) in [4.78, 5) is 39.5. The standard InChI is InChI=1S/C17H17FN6O3S/c1-3-11(28-15-12-13(21-7-20-12)23-17(19)24-15)14(25)22-8-4-5-10(18)9(6-8)16(26)27-2/h4-7,11H,3H2,1-2H3,(H,22,25)(H3,19,20,21,23,24)/t11-/m1/s1. The molecule has 0 saturated carbocycles. The highest BCUT2D eigenvalue weighted by atomic mass is 32.2. The predicted octanol–water partition coefficient (Wildman–Crippen LogP) is 2.37. The van der Waals surface area contributed by atoms with Crippen LogP contribution in [-0.4, -0.2) is 44.2 Å². The van der Waals surface area contributed by atoms with Gasteiger partial charge in [-0.05, 0) is 24.6 Å². The predicted molar refractivity (Wildman–Crippen MR) is 102 cm³/mol. The van der Waals surface area contributed by atoms with Gasteiger partial charge in [0.25, 0.3) is 0 Å². The summed E-state index contributed by atoms with van der Waals surface area (Å²) in [5, 5.41) is 2.66. The number of aromatic nitrogens is 4. The van der Waals surface area contributed by atoms with Crippen LogP contribution in [0.25, 0.3) is 11.2 Å². The number of ether oxygens (including phenoxy) is 1. The van der Waals surface area contributed by atoms with Crippen molar-refractivity contribution in [2.45, 2.75) is 23.6 Å². The van der Waals surface area contributed by atoms with Crippen molar-refractivity contribution in [3.05, 3.63) is 35.9 Å². The molecule has 28 heavy (non-hydrogen) atoms. The van der Waals surface area contributed by atoms with Gasteiger partial charge in [-0.15, -0.1) is 0 Å². The van der Waals surface area contributed by atoms with Gasteiger partial charge in [-0.3, -0.25) is 4.79 Å². The molecule has 0 aliphatic carbocycles. The number of nitrogens with zero attached hydrogens (tertiary/aromatic N) is 3. The summed E-state index contributed by atoms with van der Waals surface area (Å²) in [6.07, 6.45) is 1.96. The summed E-state index contributed by atoms with van der Waals surface area (Å²) in [5.41, 5.74) is 6.71. The topological polar surface area (TPSA) is 136 Å². The summed E-state index contributed by atoms with van der Waals surface area (Å²) >= 11 is 1.20. The van der Waals surface area contributed by atoms with Gasteiger partial charge in [0, 0.05) is 5.69 Å². The number of aromatic amines is 1.